The van der Waals surface area contributed by atoms with Crippen LogP contribution in [0.2, 0.25) is 0 Å². The monoisotopic (exact) mass is 407 g/mol. The number of carbonyl (C=O) groups excluding carboxylic acids is 2. The van der Waals surface area contributed by atoms with Crippen LogP contribution in [0.3, 0.4) is 0 Å². The van der Waals surface area contributed by atoms with E-state index in [0.717, 1.165) is 31.7 Å². The molecule has 0 bridgehead atoms. The molecule has 2 N–H and O–H groups in total. The molecule has 2 rings (SSSR count). The van der Waals surface area contributed by atoms with Gasteiger partial charge in [0.2, 0.25) is 0 Å². The van der Waals surface area contributed by atoms with Gasteiger partial charge in [-0.05, 0) is 85.5 Å². The van der Waals surface area contributed by atoms with Crippen molar-refractivity contribution in [1.82, 2.24) is 15.2 Å². The number of likely N-dealkylation sites (tertiary alicyclic amines) is 1. The first-order chi connectivity index (χ1) is 13.7. The van der Waals surface area contributed by atoms with Gasteiger partial charge in [0.1, 0.15) is 11.3 Å². The molecular formula is C22H37N3O4. The SMILES string of the molecule is CCOC(=O)c1c(CCCNCCN2CCCC2)[nH]c(C(=O)OC(C)(C)C)c1C. The minimum absolute atomic E-state index is 0.294. The molecule has 7 heteroatoms. The van der Waals surface area contributed by atoms with Crippen molar-refractivity contribution in [3.8, 4) is 0 Å². The molecule has 1 aliphatic heterocycles. The van der Waals surface area contributed by atoms with E-state index in [9.17, 15) is 9.59 Å². The van der Waals surface area contributed by atoms with E-state index in [1.54, 1.807) is 13.8 Å². The third kappa shape index (κ3) is 7.16. The highest BCUT2D eigenvalue weighted by molar-refractivity contribution is 5.98. The fraction of sp³-hybridized carbons (Fsp3) is 0.727. The van der Waals surface area contributed by atoms with Gasteiger partial charge in [0.15, 0.2) is 0 Å². The van der Waals surface area contributed by atoms with Crippen molar-refractivity contribution in [3.05, 3.63) is 22.5 Å². The van der Waals surface area contributed by atoms with E-state index in [2.05, 4.69) is 15.2 Å². The molecule has 0 saturated carbocycles. The molecule has 1 saturated heterocycles. The van der Waals surface area contributed by atoms with Crippen LogP contribution in [-0.4, -0.2) is 66.8 Å². The van der Waals surface area contributed by atoms with E-state index >= 15 is 0 Å². The van der Waals surface area contributed by atoms with Crippen molar-refractivity contribution in [1.29, 1.82) is 0 Å². The van der Waals surface area contributed by atoms with Crippen LogP contribution in [-0.2, 0) is 15.9 Å². The number of nitrogens with zero attached hydrogens (tertiary/aromatic N) is 1. The maximum absolute atomic E-state index is 12.5. The summed E-state index contributed by atoms with van der Waals surface area (Å²) in [5.74, 6) is -0.844. The highest BCUT2D eigenvalue weighted by atomic mass is 16.6. The zero-order valence-electron chi connectivity index (χ0n) is 18.7. The van der Waals surface area contributed by atoms with Gasteiger partial charge in [-0.1, -0.05) is 0 Å². The van der Waals surface area contributed by atoms with Crippen molar-refractivity contribution in [3.63, 3.8) is 0 Å². The molecule has 0 aromatic carbocycles. The zero-order chi connectivity index (χ0) is 21.4. The molecule has 1 aliphatic rings. The Morgan fingerprint density at radius 1 is 1.14 bits per heavy atom. The molecule has 2 heterocycles. The number of hydrogen-bond acceptors (Lipinski definition) is 6. The van der Waals surface area contributed by atoms with Gasteiger partial charge < -0.3 is 24.7 Å². The molecule has 1 aromatic heterocycles. The summed E-state index contributed by atoms with van der Waals surface area (Å²) in [6.07, 6.45) is 4.14. The normalized spacial score (nSPS) is 14.9. The third-order valence-corrected chi connectivity index (χ3v) is 4.99. The van der Waals surface area contributed by atoms with Crippen LogP contribution in [0.4, 0.5) is 0 Å². The average molecular weight is 408 g/mol. The van der Waals surface area contributed by atoms with E-state index in [-0.39, 0.29) is 0 Å². The number of aryl methyl sites for hydroxylation is 1. The molecular weight excluding hydrogens is 370 g/mol. The lowest BCUT2D eigenvalue weighted by molar-refractivity contribution is 0.00625. The summed E-state index contributed by atoms with van der Waals surface area (Å²) < 4.78 is 10.7. The molecule has 0 amide bonds. The Morgan fingerprint density at radius 2 is 1.83 bits per heavy atom. The molecule has 0 unspecified atom stereocenters. The fourth-order valence-electron chi connectivity index (χ4n) is 3.62. The van der Waals surface area contributed by atoms with Gasteiger partial charge >= 0.3 is 11.9 Å². The molecule has 0 atom stereocenters. The maximum atomic E-state index is 12.5. The standard InChI is InChI=1S/C22H37N3O4/c1-6-28-20(26)18-16(2)19(21(27)29-22(3,4)5)24-17(18)10-9-11-23-12-15-25-13-7-8-14-25/h23-24H,6-15H2,1-5H3. The van der Waals surface area contributed by atoms with Crippen LogP contribution in [0, 0.1) is 6.92 Å². The summed E-state index contributed by atoms with van der Waals surface area (Å²) in [5.41, 5.74) is 1.53. The van der Waals surface area contributed by atoms with Crippen LogP contribution < -0.4 is 5.32 Å². The number of H-pyrrole nitrogens is 1. The first kappa shape index (κ1) is 23.4. The smallest absolute Gasteiger partial charge is 0.355 e. The Balaban J connectivity index is 1.97. The lowest BCUT2D eigenvalue weighted by Crippen LogP contribution is -2.30. The van der Waals surface area contributed by atoms with Gasteiger partial charge in [0.05, 0.1) is 12.2 Å². The van der Waals surface area contributed by atoms with Crippen molar-refractivity contribution in [2.24, 2.45) is 0 Å². The van der Waals surface area contributed by atoms with E-state index in [1.807, 2.05) is 20.8 Å². The highest BCUT2D eigenvalue weighted by Crippen LogP contribution is 2.23. The quantitative estimate of drug-likeness (QED) is 0.458. The number of carbonyl (C=O) groups is 2. The number of ether oxygens (including phenoxy) is 2. The van der Waals surface area contributed by atoms with Crippen molar-refractivity contribution in [2.75, 3.05) is 39.3 Å². The summed E-state index contributed by atoms with van der Waals surface area (Å²) in [4.78, 5) is 30.6. The Morgan fingerprint density at radius 3 is 2.45 bits per heavy atom. The Kier molecular flexibility index (Phi) is 8.71. The highest BCUT2D eigenvalue weighted by Gasteiger charge is 2.27. The second-order valence-corrected chi connectivity index (χ2v) is 8.60. The summed E-state index contributed by atoms with van der Waals surface area (Å²) in [6.45, 7) is 14.6. The van der Waals surface area contributed by atoms with Gasteiger partial charge in [-0.15, -0.1) is 0 Å². The van der Waals surface area contributed by atoms with Gasteiger partial charge in [-0.25, -0.2) is 9.59 Å². The lowest BCUT2D eigenvalue weighted by atomic mass is 10.1. The number of aromatic nitrogens is 1. The second kappa shape index (κ2) is 10.8. The Hall–Kier alpha value is -1.86. The van der Waals surface area contributed by atoms with E-state index < -0.39 is 17.5 Å². The number of nitrogens with one attached hydrogen (secondary N) is 2. The topological polar surface area (TPSA) is 83.7 Å². The zero-order valence-corrected chi connectivity index (χ0v) is 18.7. The molecule has 0 aliphatic carbocycles. The Labute approximate surface area is 174 Å². The predicted octanol–water partition coefficient (Wildman–Crippen LogP) is 3.07. The van der Waals surface area contributed by atoms with Crippen molar-refractivity contribution < 1.29 is 19.1 Å². The van der Waals surface area contributed by atoms with E-state index in [4.69, 9.17) is 9.47 Å². The predicted molar refractivity (Wildman–Crippen MR) is 114 cm³/mol. The van der Waals surface area contributed by atoms with Crippen LogP contribution in [0.1, 0.15) is 79.1 Å². The van der Waals surface area contributed by atoms with E-state index in [0.29, 0.717) is 29.8 Å². The Bertz CT molecular complexity index is 685. The van der Waals surface area contributed by atoms with E-state index in [1.165, 1.54) is 25.9 Å². The van der Waals surface area contributed by atoms with Crippen LogP contribution in [0.5, 0.6) is 0 Å². The second-order valence-electron chi connectivity index (χ2n) is 8.60. The first-order valence-corrected chi connectivity index (χ1v) is 10.8. The molecule has 1 fully saturated rings. The molecule has 0 spiro atoms. The molecule has 7 nitrogen and oxygen atoms in total. The minimum Gasteiger partial charge on any atom is -0.462 e. The van der Waals surface area contributed by atoms with Gasteiger partial charge in [-0.3, -0.25) is 0 Å². The summed E-state index contributed by atoms with van der Waals surface area (Å²) in [6, 6.07) is 0. The number of hydrogen-bond donors (Lipinski definition) is 2. The number of rotatable bonds is 10. The van der Waals surface area contributed by atoms with Crippen molar-refractivity contribution >= 4 is 11.9 Å². The first-order valence-electron chi connectivity index (χ1n) is 10.8. The van der Waals surface area contributed by atoms with Gasteiger partial charge in [0.25, 0.3) is 0 Å². The molecule has 1 aromatic rings. The van der Waals surface area contributed by atoms with Gasteiger partial charge in [0, 0.05) is 18.8 Å². The van der Waals surface area contributed by atoms with Crippen LogP contribution in [0.25, 0.3) is 0 Å². The number of esters is 2. The molecule has 29 heavy (non-hydrogen) atoms. The molecule has 164 valence electrons. The summed E-state index contributed by atoms with van der Waals surface area (Å²) in [5, 5.41) is 3.47. The summed E-state index contributed by atoms with van der Waals surface area (Å²) >= 11 is 0. The lowest BCUT2D eigenvalue weighted by Gasteiger charge is -2.19. The largest absolute Gasteiger partial charge is 0.462 e. The van der Waals surface area contributed by atoms with Gasteiger partial charge in [-0.2, -0.15) is 0 Å². The minimum atomic E-state index is -0.599. The maximum Gasteiger partial charge on any atom is 0.355 e. The molecule has 0 radical (unpaired) electrons. The average Bonchev–Trinajstić information content (AvgIpc) is 3.24. The third-order valence-electron chi connectivity index (χ3n) is 4.99. The van der Waals surface area contributed by atoms with Crippen molar-refractivity contribution in [2.45, 2.75) is 65.9 Å². The summed E-state index contributed by atoms with van der Waals surface area (Å²) in [7, 11) is 0. The van der Waals surface area contributed by atoms with Crippen LogP contribution >= 0.6 is 0 Å². The number of aromatic amines is 1. The fourth-order valence-corrected chi connectivity index (χ4v) is 3.62. The van der Waals surface area contributed by atoms with Crippen LogP contribution in [0.15, 0.2) is 0 Å².